The third-order valence-electron chi connectivity index (χ3n) is 6.66. The second kappa shape index (κ2) is 9.54. The Balaban J connectivity index is 1.59. The maximum absolute atomic E-state index is 13.2. The van der Waals surface area contributed by atoms with Crippen LogP contribution < -0.4 is 5.32 Å². The van der Waals surface area contributed by atoms with Gasteiger partial charge in [0.1, 0.15) is 5.69 Å². The molecule has 2 aromatic carbocycles. The van der Waals surface area contributed by atoms with Crippen molar-refractivity contribution in [3.63, 3.8) is 0 Å². The van der Waals surface area contributed by atoms with E-state index in [2.05, 4.69) is 31.1 Å². The fourth-order valence-electron chi connectivity index (χ4n) is 5.32. The van der Waals surface area contributed by atoms with Crippen LogP contribution in [0, 0.1) is 11.3 Å². The fourth-order valence-corrected chi connectivity index (χ4v) is 5.32. The maximum atomic E-state index is 13.2. The van der Waals surface area contributed by atoms with Gasteiger partial charge in [0.15, 0.2) is 0 Å². The highest BCUT2D eigenvalue weighted by Crippen LogP contribution is 2.40. The van der Waals surface area contributed by atoms with Gasteiger partial charge in [-0.3, -0.25) is 9.36 Å². The molecule has 1 saturated carbocycles. The summed E-state index contributed by atoms with van der Waals surface area (Å²) in [5, 5.41) is 3.08. The summed E-state index contributed by atoms with van der Waals surface area (Å²) in [5.41, 5.74) is -1.92. The highest BCUT2D eigenvalue weighted by molar-refractivity contribution is 5.93. The zero-order valence-electron chi connectivity index (χ0n) is 20.5. The summed E-state index contributed by atoms with van der Waals surface area (Å²) in [5.74, 6) is 0.171. The van der Waals surface area contributed by atoms with Gasteiger partial charge in [-0.15, -0.1) is 0 Å². The Bertz CT molecular complexity index is 1240. The molecular weight excluding hydrogens is 496 g/mol. The number of amides is 1. The molecule has 10 heteroatoms. The normalized spacial score (nSPS) is 20.0. The van der Waals surface area contributed by atoms with Crippen LogP contribution in [0.1, 0.15) is 61.6 Å². The molecule has 1 aliphatic carbocycles. The van der Waals surface area contributed by atoms with E-state index in [0.29, 0.717) is 23.7 Å². The first kappa shape index (κ1) is 26.8. The van der Waals surface area contributed by atoms with Crippen LogP contribution in [0.5, 0.6) is 0 Å². The molecule has 0 aliphatic heterocycles. The number of nitrogens with zero attached hydrogens (tertiary/aromatic N) is 2. The van der Waals surface area contributed by atoms with E-state index >= 15 is 0 Å². The lowest BCUT2D eigenvalue weighted by Gasteiger charge is -2.39. The SMILES string of the molecule is C[C@H]1C[C@@H](NC(=O)c2cncn2-c2ccc(-c3cc(C(F)(F)F)cc(C(F)(F)F)c3)cc2)CC(C)(C)C1. The molecule has 0 bridgehead atoms. The van der Waals surface area contributed by atoms with E-state index in [4.69, 9.17) is 0 Å². The van der Waals surface area contributed by atoms with Crippen molar-refractivity contribution in [3.8, 4) is 16.8 Å². The molecule has 1 amide bonds. The van der Waals surface area contributed by atoms with E-state index in [-0.39, 0.29) is 40.3 Å². The second-order valence-corrected chi connectivity index (χ2v) is 10.6. The lowest BCUT2D eigenvalue weighted by atomic mass is 9.70. The van der Waals surface area contributed by atoms with Crippen molar-refractivity contribution in [3.05, 3.63) is 71.8 Å². The number of hydrogen-bond acceptors (Lipinski definition) is 2. The standard InChI is InChI=1S/C27H27F6N3O/c1-16-8-21(13-25(2,3)12-16)35-24(37)23-14-34-15-36(23)22-6-4-17(5-7-22)18-9-19(26(28,29)30)11-20(10-18)27(31,32)33/h4-7,9-11,14-16,21H,8,12-13H2,1-3H3,(H,35,37)/t16-,21+/m0/s1. The van der Waals surface area contributed by atoms with E-state index in [1.165, 1.54) is 41.4 Å². The van der Waals surface area contributed by atoms with Crippen LogP contribution in [0.2, 0.25) is 0 Å². The maximum Gasteiger partial charge on any atom is 0.416 e. The highest BCUT2D eigenvalue weighted by atomic mass is 19.4. The molecular formula is C27H27F6N3O. The minimum absolute atomic E-state index is 0.0145. The van der Waals surface area contributed by atoms with Crippen LogP contribution in [0.25, 0.3) is 16.8 Å². The van der Waals surface area contributed by atoms with E-state index in [9.17, 15) is 31.1 Å². The van der Waals surface area contributed by atoms with Crippen molar-refractivity contribution in [2.24, 2.45) is 11.3 Å². The van der Waals surface area contributed by atoms with E-state index < -0.39 is 23.5 Å². The summed E-state index contributed by atoms with van der Waals surface area (Å²) in [6.45, 7) is 6.51. The molecule has 37 heavy (non-hydrogen) atoms. The Labute approximate surface area is 210 Å². The first-order valence-corrected chi connectivity index (χ1v) is 11.9. The Morgan fingerprint density at radius 1 is 0.946 bits per heavy atom. The number of imidazole rings is 1. The molecule has 0 radical (unpaired) electrons. The summed E-state index contributed by atoms with van der Waals surface area (Å²) in [6.07, 6.45) is -4.20. The van der Waals surface area contributed by atoms with Gasteiger partial charge in [0.25, 0.3) is 5.91 Å². The molecule has 1 heterocycles. The Hall–Kier alpha value is -3.30. The summed E-state index contributed by atoms with van der Waals surface area (Å²) >= 11 is 0. The molecule has 0 unspecified atom stereocenters. The third-order valence-corrected chi connectivity index (χ3v) is 6.66. The zero-order valence-corrected chi connectivity index (χ0v) is 20.5. The average molecular weight is 524 g/mol. The second-order valence-electron chi connectivity index (χ2n) is 10.6. The number of benzene rings is 2. The molecule has 4 rings (SSSR count). The van der Waals surface area contributed by atoms with Gasteiger partial charge in [-0.2, -0.15) is 26.3 Å². The number of rotatable bonds is 4. The van der Waals surface area contributed by atoms with Gasteiger partial charge in [-0.05, 0) is 72.1 Å². The zero-order chi connectivity index (χ0) is 27.2. The van der Waals surface area contributed by atoms with E-state index in [0.717, 1.165) is 19.3 Å². The predicted octanol–water partition coefficient (Wildman–Crippen LogP) is 7.52. The van der Waals surface area contributed by atoms with Gasteiger partial charge in [-0.25, -0.2) is 4.98 Å². The number of alkyl halides is 6. The van der Waals surface area contributed by atoms with Crippen molar-refractivity contribution in [2.75, 3.05) is 0 Å². The Kier molecular flexibility index (Phi) is 6.90. The van der Waals surface area contributed by atoms with Crippen molar-refractivity contribution >= 4 is 5.91 Å². The molecule has 1 N–H and O–H groups in total. The topological polar surface area (TPSA) is 46.9 Å². The quantitative estimate of drug-likeness (QED) is 0.360. The lowest BCUT2D eigenvalue weighted by molar-refractivity contribution is -0.143. The van der Waals surface area contributed by atoms with Gasteiger partial charge in [0.05, 0.1) is 23.7 Å². The van der Waals surface area contributed by atoms with Crippen LogP contribution in [0.15, 0.2) is 55.0 Å². The number of carbonyl (C=O) groups excluding carboxylic acids is 1. The minimum atomic E-state index is -4.93. The minimum Gasteiger partial charge on any atom is -0.348 e. The van der Waals surface area contributed by atoms with Crippen LogP contribution in [-0.2, 0) is 12.4 Å². The van der Waals surface area contributed by atoms with Crippen molar-refractivity contribution < 1.29 is 31.1 Å². The number of nitrogens with one attached hydrogen (secondary N) is 1. The van der Waals surface area contributed by atoms with Gasteiger partial charge in [-0.1, -0.05) is 32.9 Å². The molecule has 2 atom stereocenters. The largest absolute Gasteiger partial charge is 0.416 e. The van der Waals surface area contributed by atoms with Crippen LogP contribution >= 0.6 is 0 Å². The Morgan fingerprint density at radius 2 is 1.54 bits per heavy atom. The first-order valence-electron chi connectivity index (χ1n) is 11.9. The van der Waals surface area contributed by atoms with Crippen LogP contribution in [0.3, 0.4) is 0 Å². The summed E-state index contributed by atoms with van der Waals surface area (Å²) in [6, 6.07) is 7.36. The molecule has 1 aliphatic rings. The number of halogens is 6. The highest BCUT2D eigenvalue weighted by Gasteiger charge is 2.37. The first-order chi connectivity index (χ1) is 17.1. The average Bonchev–Trinajstić information content (AvgIpc) is 3.26. The molecule has 1 aromatic heterocycles. The van der Waals surface area contributed by atoms with Gasteiger partial charge >= 0.3 is 12.4 Å². The number of carbonyl (C=O) groups is 1. The third kappa shape index (κ3) is 6.17. The summed E-state index contributed by atoms with van der Waals surface area (Å²) in [7, 11) is 0. The van der Waals surface area contributed by atoms with E-state index in [1.807, 2.05) is 0 Å². The summed E-state index contributed by atoms with van der Waals surface area (Å²) in [4.78, 5) is 17.1. The van der Waals surface area contributed by atoms with Crippen molar-refractivity contribution in [1.29, 1.82) is 0 Å². The predicted molar refractivity (Wildman–Crippen MR) is 127 cm³/mol. The molecule has 4 nitrogen and oxygen atoms in total. The molecule has 3 aromatic rings. The van der Waals surface area contributed by atoms with Gasteiger partial charge in [0.2, 0.25) is 0 Å². The fraction of sp³-hybridized carbons (Fsp3) is 0.407. The molecule has 1 fully saturated rings. The summed E-state index contributed by atoms with van der Waals surface area (Å²) < 4.78 is 81.0. The number of hydrogen-bond donors (Lipinski definition) is 1. The monoisotopic (exact) mass is 523 g/mol. The van der Waals surface area contributed by atoms with E-state index in [1.54, 1.807) is 0 Å². The Morgan fingerprint density at radius 3 is 2.08 bits per heavy atom. The molecule has 0 spiro atoms. The van der Waals surface area contributed by atoms with Gasteiger partial charge < -0.3 is 5.32 Å². The van der Waals surface area contributed by atoms with Crippen LogP contribution in [-0.4, -0.2) is 21.5 Å². The van der Waals surface area contributed by atoms with Gasteiger partial charge in [0, 0.05) is 11.7 Å². The molecule has 198 valence electrons. The van der Waals surface area contributed by atoms with Crippen molar-refractivity contribution in [2.45, 2.75) is 58.4 Å². The molecule has 0 saturated heterocycles. The lowest BCUT2D eigenvalue weighted by Crippen LogP contribution is -2.43. The van der Waals surface area contributed by atoms with Crippen molar-refractivity contribution in [1.82, 2.24) is 14.9 Å². The van der Waals surface area contributed by atoms with Crippen LogP contribution in [0.4, 0.5) is 26.3 Å². The number of aromatic nitrogens is 2. The smallest absolute Gasteiger partial charge is 0.348 e.